The topological polar surface area (TPSA) is 64.3 Å². The first kappa shape index (κ1) is 20.0. The summed E-state index contributed by atoms with van der Waals surface area (Å²) in [6, 6.07) is 12.9. The van der Waals surface area contributed by atoms with Crippen molar-refractivity contribution in [3.63, 3.8) is 0 Å². The highest BCUT2D eigenvalue weighted by molar-refractivity contribution is 5.83. The number of rotatable bonds is 8. The van der Waals surface area contributed by atoms with Crippen LogP contribution in [0.3, 0.4) is 0 Å². The molecule has 154 valence electrons. The second-order valence-corrected chi connectivity index (χ2v) is 7.63. The molecule has 0 radical (unpaired) electrons. The molecule has 1 fully saturated rings. The van der Waals surface area contributed by atoms with Gasteiger partial charge in [-0.3, -0.25) is 9.48 Å². The summed E-state index contributed by atoms with van der Waals surface area (Å²) in [5, 5.41) is 13.7. The maximum atomic E-state index is 14.5. The van der Waals surface area contributed by atoms with Gasteiger partial charge in [-0.25, -0.2) is 0 Å². The van der Waals surface area contributed by atoms with E-state index in [0.29, 0.717) is 17.1 Å². The number of aromatic nitrogens is 2. The van der Waals surface area contributed by atoms with Gasteiger partial charge in [-0.1, -0.05) is 30.2 Å². The summed E-state index contributed by atoms with van der Waals surface area (Å²) >= 11 is 0. The van der Waals surface area contributed by atoms with E-state index >= 15 is 0 Å². The lowest BCUT2D eigenvalue weighted by atomic mass is 9.96. The molecular weight excluding hydrogens is 383 g/mol. The van der Waals surface area contributed by atoms with Crippen LogP contribution in [0.25, 0.3) is 10.9 Å². The second-order valence-electron chi connectivity index (χ2n) is 7.63. The van der Waals surface area contributed by atoms with E-state index in [9.17, 15) is 9.18 Å². The van der Waals surface area contributed by atoms with Crippen LogP contribution in [0.1, 0.15) is 43.2 Å². The Morgan fingerprint density at radius 1 is 1.30 bits per heavy atom. The molecule has 0 amide bonds. The second kappa shape index (κ2) is 8.58. The van der Waals surface area contributed by atoms with Gasteiger partial charge in [0.1, 0.15) is 12.4 Å². The highest BCUT2D eigenvalue weighted by Gasteiger charge is 2.24. The van der Waals surface area contributed by atoms with Gasteiger partial charge in [-0.05, 0) is 49.4 Å². The van der Waals surface area contributed by atoms with E-state index in [1.54, 1.807) is 23.7 Å². The van der Waals surface area contributed by atoms with Crippen LogP contribution in [0.2, 0.25) is 0 Å². The van der Waals surface area contributed by atoms with Crippen molar-refractivity contribution in [1.82, 2.24) is 9.78 Å². The first-order chi connectivity index (χ1) is 14.5. The number of aliphatic carboxylic acids is 1. The van der Waals surface area contributed by atoms with Crippen molar-refractivity contribution < 1.29 is 19.0 Å². The molecule has 4 rings (SSSR count). The fraction of sp³-hybridized carbons (Fsp3) is 0.333. The zero-order chi connectivity index (χ0) is 21.1. The smallest absolute Gasteiger partial charge is 0.304 e. The van der Waals surface area contributed by atoms with Crippen molar-refractivity contribution in [2.75, 3.05) is 0 Å². The Bertz CT molecular complexity index is 1120. The third-order valence-electron chi connectivity index (χ3n) is 5.32. The lowest BCUT2D eigenvalue weighted by Crippen LogP contribution is -2.04. The minimum absolute atomic E-state index is 0.0484. The Morgan fingerprint density at radius 3 is 2.73 bits per heavy atom. The van der Waals surface area contributed by atoms with E-state index in [0.717, 1.165) is 23.2 Å². The molecule has 30 heavy (non-hydrogen) atoms. The maximum absolute atomic E-state index is 14.5. The third-order valence-corrected chi connectivity index (χ3v) is 5.32. The summed E-state index contributed by atoms with van der Waals surface area (Å²) in [7, 11) is 0. The lowest BCUT2D eigenvalue weighted by molar-refractivity contribution is -0.137. The van der Waals surface area contributed by atoms with Gasteiger partial charge in [-0.15, -0.1) is 11.0 Å². The molecule has 1 atom stereocenters. The zero-order valence-electron chi connectivity index (χ0n) is 16.8. The molecule has 1 N–H and O–H groups in total. The molecule has 0 aliphatic heterocycles. The van der Waals surface area contributed by atoms with Crippen LogP contribution in [-0.2, 0) is 17.9 Å². The average molecular weight is 406 g/mol. The summed E-state index contributed by atoms with van der Waals surface area (Å²) in [6.45, 7) is 2.67. The van der Waals surface area contributed by atoms with E-state index in [1.165, 1.54) is 12.8 Å². The molecule has 1 aliphatic rings. The number of hydrogen-bond acceptors (Lipinski definition) is 3. The average Bonchev–Trinajstić information content (AvgIpc) is 3.49. The predicted molar refractivity (Wildman–Crippen MR) is 112 cm³/mol. The molecule has 0 bridgehead atoms. The van der Waals surface area contributed by atoms with Crippen molar-refractivity contribution in [3.05, 3.63) is 59.5 Å². The summed E-state index contributed by atoms with van der Waals surface area (Å²) < 4.78 is 22.2. The van der Waals surface area contributed by atoms with Crippen LogP contribution < -0.4 is 4.74 Å². The van der Waals surface area contributed by atoms with E-state index in [1.807, 2.05) is 30.3 Å². The molecule has 1 aliphatic carbocycles. The number of carboxylic acids is 1. The van der Waals surface area contributed by atoms with Gasteiger partial charge < -0.3 is 9.84 Å². The Balaban J connectivity index is 1.49. The van der Waals surface area contributed by atoms with Gasteiger partial charge in [0.25, 0.3) is 0 Å². The highest BCUT2D eigenvalue weighted by Crippen LogP contribution is 2.32. The minimum Gasteiger partial charge on any atom is -0.489 e. The van der Waals surface area contributed by atoms with Gasteiger partial charge in [0, 0.05) is 12.1 Å². The maximum Gasteiger partial charge on any atom is 0.304 e. The molecule has 2 aromatic carbocycles. The summed E-state index contributed by atoms with van der Waals surface area (Å²) in [4.78, 5) is 11.1. The third kappa shape index (κ3) is 4.46. The summed E-state index contributed by atoms with van der Waals surface area (Å²) in [5.74, 6) is 5.23. The number of nitrogens with zero attached hydrogens (tertiary/aromatic N) is 2. The zero-order valence-corrected chi connectivity index (χ0v) is 16.8. The Labute approximate surface area is 174 Å². The van der Waals surface area contributed by atoms with Crippen LogP contribution in [-0.4, -0.2) is 20.9 Å². The van der Waals surface area contributed by atoms with Crippen molar-refractivity contribution >= 4 is 16.9 Å². The lowest BCUT2D eigenvalue weighted by Gasteiger charge is -2.11. The van der Waals surface area contributed by atoms with E-state index in [2.05, 4.69) is 16.9 Å². The molecule has 3 aromatic rings. The van der Waals surface area contributed by atoms with Gasteiger partial charge in [0.2, 0.25) is 5.95 Å². The quantitative estimate of drug-likeness (QED) is 0.549. The molecule has 1 saturated carbocycles. The number of benzene rings is 2. The number of fused-ring (bicyclic) bond motifs is 1. The largest absolute Gasteiger partial charge is 0.489 e. The van der Waals surface area contributed by atoms with Crippen LogP contribution in [0.4, 0.5) is 4.39 Å². The molecular formula is C24H23FN2O3. The molecule has 0 spiro atoms. The van der Waals surface area contributed by atoms with E-state index in [-0.39, 0.29) is 18.9 Å². The molecule has 5 nitrogen and oxygen atoms in total. The SMILES string of the molecule is CC#C[C@@H](CC(=O)O)c1ccc(OCc2cccc3c2c(F)nn3CC2CC2)cc1. The van der Waals surface area contributed by atoms with Gasteiger partial charge >= 0.3 is 5.97 Å². The number of ether oxygens (including phenoxy) is 1. The standard InChI is InChI=1S/C24H23FN2O3/c1-2-4-18(13-22(28)29)17-9-11-20(12-10-17)30-15-19-5-3-6-21-23(19)24(25)26-27(21)14-16-7-8-16/h3,5-6,9-12,16,18H,7-8,13-15H2,1H3,(H,28,29)/t18-/m0/s1. The monoisotopic (exact) mass is 406 g/mol. The van der Waals surface area contributed by atoms with Crippen LogP contribution in [0, 0.1) is 23.7 Å². The number of hydrogen-bond donors (Lipinski definition) is 1. The Morgan fingerprint density at radius 2 is 2.07 bits per heavy atom. The van der Waals surface area contributed by atoms with Crippen molar-refractivity contribution in [3.8, 4) is 17.6 Å². The fourth-order valence-corrected chi connectivity index (χ4v) is 3.61. The first-order valence-corrected chi connectivity index (χ1v) is 10.1. The first-order valence-electron chi connectivity index (χ1n) is 10.1. The molecule has 1 heterocycles. The predicted octanol–water partition coefficient (Wildman–Crippen LogP) is 4.75. The fourth-order valence-electron chi connectivity index (χ4n) is 3.61. The summed E-state index contributed by atoms with van der Waals surface area (Å²) in [5.41, 5.74) is 2.37. The van der Waals surface area contributed by atoms with E-state index < -0.39 is 11.9 Å². The van der Waals surface area contributed by atoms with Crippen molar-refractivity contribution in [2.24, 2.45) is 5.92 Å². The minimum atomic E-state index is -0.888. The Kier molecular flexibility index (Phi) is 5.71. The number of carbonyl (C=O) groups is 1. The van der Waals surface area contributed by atoms with Crippen LogP contribution in [0.15, 0.2) is 42.5 Å². The van der Waals surface area contributed by atoms with Crippen LogP contribution >= 0.6 is 0 Å². The Hall–Kier alpha value is -3.33. The summed E-state index contributed by atoms with van der Waals surface area (Å²) in [6.07, 6.45) is 2.31. The molecule has 6 heteroatoms. The molecule has 0 unspecified atom stereocenters. The van der Waals surface area contributed by atoms with Crippen LogP contribution in [0.5, 0.6) is 5.75 Å². The number of carboxylic acid groups (broad SMARTS) is 1. The van der Waals surface area contributed by atoms with Crippen molar-refractivity contribution in [1.29, 1.82) is 0 Å². The van der Waals surface area contributed by atoms with Gasteiger partial charge in [0.15, 0.2) is 0 Å². The van der Waals surface area contributed by atoms with Gasteiger partial charge in [-0.2, -0.15) is 4.39 Å². The van der Waals surface area contributed by atoms with E-state index in [4.69, 9.17) is 9.84 Å². The van der Waals surface area contributed by atoms with Gasteiger partial charge in [0.05, 0.1) is 23.2 Å². The molecule has 1 aromatic heterocycles. The highest BCUT2D eigenvalue weighted by atomic mass is 19.1. The van der Waals surface area contributed by atoms with Crippen molar-refractivity contribution in [2.45, 2.75) is 45.3 Å². The molecule has 0 saturated heterocycles. The normalized spacial score (nSPS) is 14.2. The number of halogens is 1.